The van der Waals surface area contributed by atoms with Crippen molar-refractivity contribution in [1.82, 2.24) is 20.0 Å². The second kappa shape index (κ2) is 6.08. The number of carbonyl (C=O) groups excluding carboxylic acids is 1. The van der Waals surface area contributed by atoms with E-state index in [2.05, 4.69) is 15.3 Å². The van der Waals surface area contributed by atoms with E-state index in [-0.39, 0.29) is 5.69 Å². The number of ether oxygens (including phenoxy) is 1. The van der Waals surface area contributed by atoms with E-state index in [0.717, 1.165) is 12.0 Å². The molecule has 2 aromatic heterocycles. The van der Waals surface area contributed by atoms with Crippen molar-refractivity contribution >= 4 is 5.97 Å². The number of hydrogen-bond donors (Lipinski definition) is 0. The van der Waals surface area contributed by atoms with Crippen LogP contribution in [0.2, 0.25) is 0 Å². The fourth-order valence-corrected chi connectivity index (χ4v) is 1.81. The van der Waals surface area contributed by atoms with Crippen molar-refractivity contribution < 1.29 is 9.53 Å². The first-order valence-corrected chi connectivity index (χ1v) is 6.28. The lowest BCUT2D eigenvalue weighted by molar-refractivity contribution is 0.0520. The topological polar surface area (TPSA) is 69.9 Å². The minimum atomic E-state index is -0.455. The van der Waals surface area contributed by atoms with Crippen LogP contribution in [0.4, 0.5) is 0 Å². The van der Waals surface area contributed by atoms with Gasteiger partial charge in [0.15, 0.2) is 5.69 Å². The predicted molar refractivity (Wildman–Crippen MR) is 69.5 cm³/mol. The van der Waals surface area contributed by atoms with Crippen molar-refractivity contribution in [1.29, 1.82) is 0 Å². The molecule has 0 saturated carbocycles. The molecule has 0 amide bonds. The highest BCUT2D eigenvalue weighted by Crippen LogP contribution is 2.22. The predicted octanol–water partition coefficient (Wildman–Crippen LogP) is 1.93. The van der Waals surface area contributed by atoms with Gasteiger partial charge in [-0.1, -0.05) is 12.1 Å². The molecule has 2 heterocycles. The maximum atomic E-state index is 11.9. The Morgan fingerprint density at radius 1 is 1.42 bits per heavy atom. The lowest BCUT2D eigenvalue weighted by Crippen LogP contribution is -2.08. The first kappa shape index (κ1) is 13.2. The summed E-state index contributed by atoms with van der Waals surface area (Å²) in [5.41, 5.74) is 1.71. The Kier molecular flexibility index (Phi) is 4.22. The van der Waals surface area contributed by atoms with E-state index < -0.39 is 5.97 Å². The van der Waals surface area contributed by atoms with Gasteiger partial charge in [0.25, 0.3) is 0 Å². The van der Waals surface area contributed by atoms with Gasteiger partial charge in [-0.25, -0.2) is 9.48 Å². The Morgan fingerprint density at radius 2 is 2.26 bits per heavy atom. The van der Waals surface area contributed by atoms with E-state index in [1.165, 1.54) is 0 Å². The summed E-state index contributed by atoms with van der Waals surface area (Å²) in [7, 11) is 0. The number of hydrogen-bond acceptors (Lipinski definition) is 5. The van der Waals surface area contributed by atoms with Crippen LogP contribution in [0.5, 0.6) is 0 Å². The summed E-state index contributed by atoms with van der Waals surface area (Å²) < 4.78 is 6.72. The molecule has 2 aromatic rings. The van der Waals surface area contributed by atoms with Crippen molar-refractivity contribution in [3.05, 3.63) is 30.2 Å². The zero-order valence-corrected chi connectivity index (χ0v) is 11.0. The van der Waals surface area contributed by atoms with Crippen molar-refractivity contribution in [2.24, 2.45) is 0 Å². The number of esters is 1. The first-order chi connectivity index (χ1) is 9.27. The summed E-state index contributed by atoms with van der Waals surface area (Å²) in [6.07, 6.45) is 4.27. The molecule has 0 aliphatic carbocycles. The number of rotatable bonds is 5. The molecule has 0 bridgehead atoms. The molecule has 2 rings (SSSR count). The van der Waals surface area contributed by atoms with Crippen LogP contribution in [0.15, 0.2) is 24.5 Å². The van der Waals surface area contributed by atoms with Gasteiger partial charge in [0.1, 0.15) is 5.69 Å². The van der Waals surface area contributed by atoms with Crippen molar-refractivity contribution in [3.8, 4) is 11.3 Å². The summed E-state index contributed by atoms with van der Waals surface area (Å²) >= 11 is 0. The fourth-order valence-electron chi connectivity index (χ4n) is 1.81. The third kappa shape index (κ3) is 2.78. The number of nitrogens with zero attached hydrogens (tertiary/aromatic N) is 4. The number of pyridine rings is 1. The third-order valence-corrected chi connectivity index (χ3v) is 2.57. The van der Waals surface area contributed by atoms with Crippen LogP contribution in [0, 0.1) is 0 Å². The van der Waals surface area contributed by atoms with Gasteiger partial charge in [0.2, 0.25) is 0 Å². The highest BCUT2D eigenvalue weighted by atomic mass is 16.5. The minimum absolute atomic E-state index is 0.239. The highest BCUT2D eigenvalue weighted by molar-refractivity contribution is 5.93. The second-order valence-electron chi connectivity index (χ2n) is 3.97. The minimum Gasteiger partial charge on any atom is -0.461 e. The standard InChI is InChI=1S/C13H16N4O2/c1-3-8-17-12(10-6-5-7-14-9-10)11(15-16-17)13(18)19-4-2/h5-7,9H,3-4,8H2,1-2H3. The Bertz CT molecular complexity index is 551. The van der Waals surface area contributed by atoms with Gasteiger partial charge >= 0.3 is 5.97 Å². The van der Waals surface area contributed by atoms with Crippen LogP contribution < -0.4 is 0 Å². The summed E-state index contributed by atoms with van der Waals surface area (Å²) in [5, 5.41) is 7.96. The van der Waals surface area contributed by atoms with E-state index in [1.807, 2.05) is 19.1 Å². The van der Waals surface area contributed by atoms with Gasteiger partial charge in [-0.3, -0.25) is 4.98 Å². The maximum absolute atomic E-state index is 11.9. The molecule has 0 unspecified atom stereocenters. The molecule has 0 saturated heterocycles. The molecule has 0 spiro atoms. The normalized spacial score (nSPS) is 10.4. The summed E-state index contributed by atoms with van der Waals surface area (Å²) in [6.45, 7) is 4.80. The Labute approximate surface area is 111 Å². The van der Waals surface area contributed by atoms with Crippen LogP contribution in [0.25, 0.3) is 11.3 Å². The molecule has 6 heteroatoms. The molecule has 0 atom stereocenters. The molecule has 6 nitrogen and oxygen atoms in total. The monoisotopic (exact) mass is 260 g/mol. The fraction of sp³-hybridized carbons (Fsp3) is 0.385. The lowest BCUT2D eigenvalue weighted by Gasteiger charge is -2.06. The summed E-state index contributed by atoms with van der Waals surface area (Å²) in [4.78, 5) is 16.0. The third-order valence-electron chi connectivity index (χ3n) is 2.57. The van der Waals surface area contributed by atoms with Crippen LogP contribution in [0.1, 0.15) is 30.8 Å². The van der Waals surface area contributed by atoms with E-state index in [0.29, 0.717) is 18.8 Å². The van der Waals surface area contributed by atoms with Crippen LogP contribution in [-0.4, -0.2) is 32.6 Å². The van der Waals surface area contributed by atoms with Gasteiger partial charge in [-0.05, 0) is 25.5 Å². The molecule has 0 aromatic carbocycles. The van der Waals surface area contributed by atoms with Crippen molar-refractivity contribution in [3.63, 3.8) is 0 Å². The average Bonchev–Trinajstić information content (AvgIpc) is 2.84. The molecule has 0 N–H and O–H groups in total. The maximum Gasteiger partial charge on any atom is 0.361 e. The molecule has 0 aliphatic rings. The SMILES string of the molecule is CCCn1nnc(C(=O)OCC)c1-c1cccnc1. The Hall–Kier alpha value is -2.24. The summed E-state index contributed by atoms with van der Waals surface area (Å²) in [5.74, 6) is -0.455. The highest BCUT2D eigenvalue weighted by Gasteiger charge is 2.21. The molecular weight excluding hydrogens is 244 g/mol. The lowest BCUT2D eigenvalue weighted by atomic mass is 10.1. The van der Waals surface area contributed by atoms with E-state index in [1.54, 1.807) is 24.0 Å². The van der Waals surface area contributed by atoms with E-state index in [4.69, 9.17) is 4.74 Å². The van der Waals surface area contributed by atoms with Gasteiger partial charge in [-0.2, -0.15) is 0 Å². The Morgan fingerprint density at radius 3 is 2.89 bits per heavy atom. The van der Waals surface area contributed by atoms with Gasteiger partial charge in [-0.15, -0.1) is 5.10 Å². The number of aromatic nitrogens is 4. The van der Waals surface area contributed by atoms with Crippen LogP contribution in [0.3, 0.4) is 0 Å². The number of aryl methyl sites for hydroxylation is 1. The van der Waals surface area contributed by atoms with Gasteiger partial charge in [0.05, 0.1) is 6.61 Å². The molecule has 0 aliphatic heterocycles. The molecule has 0 fully saturated rings. The Balaban J connectivity index is 2.48. The molecule has 0 radical (unpaired) electrons. The first-order valence-electron chi connectivity index (χ1n) is 6.28. The average molecular weight is 260 g/mol. The molecule has 19 heavy (non-hydrogen) atoms. The molecule has 100 valence electrons. The van der Waals surface area contributed by atoms with Crippen LogP contribution >= 0.6 is 0 Å². The van der Waals surface area contributed by atoms with Crippen molar-refractivity contribution in [2.45, 2.75) is 26.8 Å². The zero-order valence-electron chi connectivity index (χ0n) is 11.0. The van der Waals surface area contributed by atoms with E-state index >= 15 is 0 Å². The smallest absolute Gasteiger partial charge is 0.361 e. The second-order valence-corrected chi connectivity index (χ2v) is 3.97. The molecular formula is C13H16N4O2. The van der Waals surface area contributed by atoms with E-state index in [9.17, 15) is 4.79 Å². The quantitative estimate of drug-likeness (QED) is 0.768. The van der Waals surface area contributed by atoms with Crippen molar-refractivity contribution in [2.75, 3.05) is 6.61 Å². The van der Waals surface area contributed by atoms with Gasteiger partial charge in [0, 0.05) is 24.5 Å². The van der Waals surface area contributed by atoms with Gasteiger partial charge < -0.3 is 4.74 Å². The van der Waals surface area contributed by atoms with Crippen LogP contribution in [-0.2, 0) is 11.3 Å². The number of carbonyl (C=O) groups is 1. The zero-order chi connectivity index (χ0) is 13.7. The summed E-state index contributed by atoms with van der Waals surface area (Å²) in [6, 6.07) is 3.69. The largest absolute Gasteiger partial charge is 0.461 e.